The molecule has 4 aromatic rings. The van der Waals surface area contributed by atoms with Crippen molar-refractivity contribution in [2.45, 2.75) is 6.04 Å². The number of anilines is 2. The minimum absolute atomic E-state index is 0.220. The number of H-pyrrole nitrogens is 1. The Bertz CT molecular complexity index is 1350. The number of hydrogen-bond donors (Lipinski definition) is 1. The Balaban J connectivity index is 1.24. The second-order valence-electron chi connectivity index (χ2n) is 8.61. The molecule has 2 aliphatic rings. The molecule has 3 aromatic heterocycles. The molecule has 2 fully saturated rings. The van der Waals surface area contributed by atoms with E-state index in [4.69, 9.17) is 4.98 Å². The third-order valence-electron chi connectivity index (χ3n) is 6.75. The number of hydrogen-bond acceptors (Lipinski definition) is 6. The van der Waals surface area contributed by atoms with Crippen molar-refractivity contribution in [3.8, 4) is 11.3 Å². The summed E-state index contributed by atoms with van der Waals surface area (Å²) in [5.74, 6) is 1.88. The number of halogens is 1. The Hall–Kier alpha value is -3.75. The van der Waals surface area contributed by atoms with Crippen LogP contribution in [0.15, 0.2) is 53.6 Å². The van der Waals surface area contributed by atoms with Crippen LogP contribution in [0.3, 0.4) is 0 Å². The fraction of sp³-hybridized carbons (Fsp3) is 0.304. The van der Waals surface area contributed by atoms with E-state index in [0.717, 1.165) is 36.3 Å². The number of nitrogens with zero attached hydrogens (tertiary/aromatic N) is 6. The summed E-state index contributed by atoms with van der Waals surface area (Å²) in [6, 6.07) is 11.2. The van der Waals surface area contributed by atoms with E-state index >= 15 is 0 Å². The number of imidazole rings is 1. The van der Waals surface area contributed by atoms with E-state index in [2.05, 4.69) is 24.8 Å². The summed E-state index contributed by atoms with van der Waals surface area (Å²) in [5, 5.41) is 0. The lowest BCUT2D eigenvalue weighted by Crippen LogP contribution is -2.36. The summed E-state index contributed by atoms with van der Waals surface area (Å²) in [4.78, 5) is 33.5. The second kappa shape index (κ2) is 6.88. The predicted molar refractivity (Wildman–Crippen MR) is 120 cm³/mol. The van der Waals surface area contributed by atoms with Gasteiger partial charge >= 0.3 is 0 Å². The van der Waals surface area contributed by atoms with Gasteiger partial charge in [-0.1, -0.05) is 12.1 Å². The Morgan fingerprint density at radius 3 is 2.69 bits per heavy atom. The average Bonchev–Trinajstić information content (AvgIpc) is 3.13. The molecule has 9 heteroatoms. The molecule has 162 valence electrons. The fourth-order valence-electron chi connectivity index (χ4n) is 5.03. The van der Waals surface area contributed by atoms with Gasteiger partial charge in [-0.25, -0.2) is 14.4 Å². The minimum Gasteiger partial charge on any atom is -0.342 e. The van der Waals surface area contributed by atoms with Gasteiger partial charge in [0.2, 0.25) is 11.9 Å². The molecule has 1 aliphatic heterocycles. The lowest BCUT2D eigenvalue weighted by molar-refractivity contribution is 0.623. The first kappa shape index (κ1) is 19.0. The molecule has 0 spiro atoms. The first-order valence-electron chi connectivity index (χ1n) is 10.6. The monoisotopic (exact) mass is 431 g/mol. The highest BCUT2D eigenvalue weighted by atomic mass is 19.1. The smallest absolute Gasteiger partial charge is 0.255 e. The largest absolute Gasteiger partial charge is 0.342 e. The number of pyridine rings is 1. The molecular weight excluding hydrogens is 409 g/mol. The average molecular weight is 431 g/mol. The van der Waals surface area contributed by atoms with Crippen LogP contribution in [-0.2, 0) is 7.05 Å². The Morgan fingerprint density at radius 2 is 1.94 bits per heavy atom. The number of piperidine rings is 1. The van der Waals surface area contributed by atoms with Gasteiger partial charge in [-0.2, -0.15) is 0 Å². The molecule has 1 saturated carbocycles. The molecule has 1 aliphatic carbocycles. The van der Waals surface area contributed by atoms with Crippen molar-refractivity contribution in [2.75, 3.05) is 29.9 Å². The van der Waals surface area contributed by atoms with E-state index in [1.807, 2.05) is 31.3 Å². The van der Waals surface area contributed by atoms with E-state index in [0.29, 0.717) is 23.5 Å². The van der Waals surface area contributed by atoms with Crippen LogP contribution in [0.4, 0.5) is 16.3 Å². The van der Waals surface area contributed by atoms with Gasteiger partial charge in [0.05, 0.1) is 22.9 Å². The molecule has 32 heavy (non-hydrogen) atoms. The van der Waals surface area contributed by atoms with Gasteiger partial charge in [0.1, 0.15) is 0 Å². The van der Waals surface area contributed by atoms with Gasteiger partial charge in [-0.05, 0) is 18.2 Å². The first-order valence-corrected chi connectivity index (χ1v) is 10.6. The van der Waals surface area contributed by atoms with Crippen LogP contribution in [0, 0.1) is 17.7 Å². The minimum atomic E-state index is -0.494. The fourth-order valence-corrected chi connectivity index (χ4v) is 5.03. The van der Waals surface area contributed by atoms with E-state index in [1.165, 1.54) is 22.9 Å². The summed E-state index contributed by atoms with van der Waals surface area (Å²) >= 11 is 0. The van der Waals surface area contributed by atoms with Crippen molar-refractivity contribution in [3.05, 3.63) is 65.0 Å². The number of rotatable bonds is 4. The van der Waals surface area contributed by atoms with Gasteiger partial charge in [0.15, 0.2) is 5.82 Å². The molecule has 1 aromatic carbocycles. The highest BCUT2D eigenvalue weighted by molar-refractivity contribution is 5.77. The van der Waals surface area contributed by atoms with Crippen molar-refractivity contribution in [3.63, 3.8) is 0 Å². The first-order chi connectivity index (χ1) is 15.5. The molecule has 0 bridgehead atoms. The van der Waals surface area contributed by atoms with Crippen LogP contribution in [0.1, 0.15) is 0 Å². The number of para-hydroxylation sites is 2. The standard InChI is InChI=1S/C23H22FN7O/c1-29-20(32)9-19(13-7-8-25-10-16(13)24)28-23(29)30(2)21-14-11-31(12-15(14)21)22-26-17-5-3-4-6-18(17)27-22/h3-10,14-15,21H,11-12H2,1-2H3,(H,26,27)/t14-,15+,21?. The van der Waals surface area contributed by atoms with Gasteiger partial charge in [0.25, 0.3) is 5.56 Å². The molecular formula is C23H22FN7O. The summed E-state index contributed by atoms with van der Waals surface area (Å²) < 4.78 is 15.8. The molecule has 1 unspecified atom stereocenters. The normalized spacial score (nSPS) is 21.7. The van der Waals surface area contributed by atoms with Crippen LogP contribution >= 0.6 is 0 Å². The Kier molecular flexibility index (Phi) is 4.08. The van der Waals surface area contributed by atoms with Crippen molar-refractivity contribution in [2.24, 2.45) is 18.9 Å². The molecule has 8 nitrogen and oxygen atoms in total. The molecule has 6 rings (SSSR count). The SMILES string of the molecule is CN(c1nc(-c2ccncc2F)cc(=O)n1C)C1[C@H]2CN(c3nc4ccccc4[nH]3)C[C@@H]12. The third kappa shape index (κ3) is 2.88. The number of aromatic amines is 1. The molecule has 3 atom stereocenters. The van der Waals surface area contributed by atoms with Crippen molar-refractivity contribution < 1.29 is 4.39 Å². The van der Waals surface area contributed by atoms with Gasteiger partial charge < -0.3 is 14.8 Å². The summed E-state index contributed by atoms with van der Waals surface area (Å²) in [6.07, 6.45) is 2.63. The lowest BCUT2D eigenvalue weighted by Gasteiger charge is -2.26. The zero-order chi connectivity index (χ0) is 22.0. The maximum absolute atomic E-state index is 14.2. The summed E-state index contributed by atoms with van der Waals surface area (Å²) in [7, 11) is 3.66. The van der Waals surface area contributed by atoms with E-state index in [-0.39, 0.29) is 17.2 Å². The van der Waals surface area contributed by atoms with E-state index < -0.39 is 5.82 Å². The highest BCUT2D eigenvalue weighted by Gasteiger charge is 2.58. The third-order valence-corrected chi connectivity index (χ3v) is 6.75. The molecule has 0 amide bonds. The van der Waals surface area contributed by atoms with Crippen molar-refractivity contribution in [1.82, 2.24) is 24.5 Å². The second-order valence-corrected chi connectivity index (χ2v) is 8.61. The molecule has 0 radical (unpaired) electrons. The predicted octanol–water partition coefficient (Wildman–Crippen LogP) is 2.43. The maximum atomic E-state index is 14.2. The summed E-state index contributed by atoms with van der Waals surface area (Å²) in [5.41, 5.74) is 2.39. The topological polar surface area (TPSA) is 82.9 Å². The molecule has 1 saturated heterocycles. The summed E-state index contributed by atoms with van der Waals surface area (Å²) in [6.45, 7) is 1.79. The van der Waals surface area contributed by atoms with E-state index in [1.54, 1.807) is 7.05 Å². The van der Waals surface area contributed by atoms with Crippen molar-refractivity contribution in [1.29, 1.82) is 0 Å². The van der Waals surface area contributed by atoms with E-state index in [9.17, 15) is 9.18 Å². The number of fused-ring (bicyclic) bond motifs is 2. The maximum Gasteiger partial charge on any atom is 0.255 e. The van der Waals surface area contributed by atoms with Gasteiger partial charge in [-0.15, -0.1) is 0 Å². The lowest BCUT2D eigenvalue weighted by atomic mass is 10.2. The van der Waals surface area contributed by atoms with Gasteiger partial charge in [0, 0.05) is 62.9 Å². The Morgan fingerprint density at radius 1 is 1.16 bits per heavy atom. The molecule has 1 N–H and O–H groups in total. The zero-order valence-electron chi connectivity index (χ0n) is 17.7. The van der Waals surface area contributed by atoms with Crippen LogP contribution in [0.2, 0.25) is 0 Å². The van der Waals surface area contributed by atoms with Crippen LogP contribution in [0.5, 0.6) is 0 Å². The van der Waals surface area contributed by atoms with Crippen LogP contribution in [-0.4, -0.2) is 50.7 Å². The van der Waals surface area contributed by atoms with Crippen molar-refractivity contribution >= 4 is 22.9 Å². The number of nitrogens with one attached hydrogen (secondary N) is 1. The van der Waals surface area contributed by atoms with Crippen LogP contribution < -0.4 is 15.4 Å². The number of aromatic nitrogens is 5. The highest BCUT2D eigenvalue weighted by Crippen LogP contribution is 2.50. The quantitative estimate of drug-likeness (QED) is 0.534. The Labute approximate surface area is 183 Å². The zero-order valence-corrected chi connectivity index (χ0v) is 17.7. The number of benzene rings is 1. The van der Waals surface area contributed by atoms with Gasteiger partial charge in [-0.3, -0.25) is 14.3 Å². The van der Waals surface area contributed by atoms with Crippen LogP contribution in [0.25, 0.3) is 22.3 Å². The molecule has 4 heterocycles.